The zero-order chi connectivity index (χ0) is 26.2. The van der Waals surface area contributed by atoms with Gasteiger partial charge in [-0.3, -0.25) is 4.79 Å². The molecule has 2 heterocycles. The molecule has 7 nitrogen and oxygen atoms in total. The summed E-state index contributed by atoms with van der Waals surface area (Å²) in [7, 11) is 3.15. The molecule has 0 saturated carbocycles. The van der Waals surface area contributed by atoms with Crippen LogP contribution in [0.2, 0.25) is 0 Å². The summed E-state index contributed by atoms with van der Waals surface area (Å²) >= 11 is 1.37. The lowest BCUT2D eigenvalue weighted by Gasteiger charge is -2.16. The number of carbonyl (C=O) groups excluding carboxylic acids is 1. The van der Waals surface area contributed by atoms with Gasteiger partial charge in [-0.25, -0.2) is 9.97 Å². The van der Waals surface area contributed by atoms with Gasteiger partial charge in [0.25, 0.3) is 0 Å². The van der Waals surface area contributed by atoms with Gasteiger partial charge in [0.1, 0.15) is 16.9 Å². The minimum absolute atomic E-state index is 0.151. The Morgan fingerprint density at radius 2 is 1.84 bits per heavy atom. The van der Waals surface area contributed by atoms with Crippen molar-refractivity contribution < 1.29 is 14.3 Å². The number of nitrogens with zero attached hydrogens (tertiary/aromatic N) is 3. The highest BCUT2D eigenvalue weighted by atomic mass is 32.2. The van der Waals surface area contributed by atoms with E-state index in [1.807, 2.05) is 73.7 Å². The number of methoxy groups -OCH3 is 2. The maximum absolute atomic E-state index is 12.6. The SMILES string of the molecule is COc1cccc(-c2cc(-c3ccccc3)nc(SCCC(=O)Nc3ncccc3C)c2C#N)c1OC. The van der Waals surface area contributed by atoms with Crippen molar-refractivity contribution in [2.45, 2.75) is 18.4 Å². The fraction of sp³-hybridized carbons (Fsp3) is 0.172. The summed E-state index contributed by atoms with van der Waals surface area (Å²) in [5.41, 5.74) is 4.35. The number of nitrogens with one attached hydrogen (secondary N) is 1. The Labute approximate surface area is 220 Å². The summed E-state index contributed by atoms with van der Waals surface area (Å²) in [6.45, 7) is 1.89. The lowest BCUT2D eigenvalue weighted by Crippen LogP contribution is -2.14. The smallest absolute Gasteiger partial charge is 0.226 e. The molecular formula is C29H26N4O3S. The van der Waals surface area contributed by atoms with Crippen LogP contribution in [0.25, 0.3) is 22.4 Å². The topological polar surface area (TPSA) is 97.1 Å². The molecule has 0 fully saturated rings. The van der Waals surface area contributed by atoms with Gasteiger partial charge in [-0.1, -0.05) is 48.5 Å². The lowest BCUT2D eigenvalue weighted by atomic mass is 9.98. The molecule has 0 atom stereocenters. The van der Waals surface area contributed by atoms with Crippen molar-refractivity contribution in [3.8, 4) is 40.0 Å². The molecule has 0 bridgehead atoms. The van der Waals surface area contributed by atoms with Crippen LogP contribution < -0.4 is 14.8 Å². The number of aromatic nitrogens is 2. The van der Waals surface area contributed by atoms with Crippen molar-refractivity contribution in [2.75, 3.05) is 25.3 Å². The molecular weight excluding hydrogens is 484 g/mol. The number of para-hydroxylation sites is 1. The second-order valence-electron chi connectivity index (χ2n) is 8.07. The van der Waals surface area contributed by atoms with E-state index in [2.05, 4.69) is 16.4 Å². The van der Waals surface area contributed by atoms with Crippen LogP contribution in [-0.2, 0) is 4.79 Å². The maximum atomic E-state index is 12.6. The Hall–Kier alpha value is -4.35. The Morgan fingerprint density at radius 1 is 1.03 bits per heavy atom. The highest BCUT2D eigenvalue weighted by molar-refractivity contribution is 7.99. The molecule has 1 amide bonds. The second kappa shape index (κ2) is 12.1. The van der Waals surface area contributed by atoms with Gasteiger partial charge in [0.15, 0.2) is 11.5 Å². The first-order chi connectivity index (χ1) is 18.0. The predicted molar refractivity (Wildman–Crippen MR) is 146 cm³/mol. The zero-order valence-electron chi connectivity index (χ0n) is 20.8. The number of amides is 1. The largest absolute Gasteiger partial charge is 0.493 e. The fourth-order valence-corrected chi connectivity index (χ4v) is 4.80. The van der Waals surface area contributed by atoms with E-state index in [9.17, 15) is 10.1 Å². The summed E-state index contributed by atoms with van der Waals surface area (Å²) < 4.78 is 11.2. The van der Waals surface area contributed by atoms with E-state index in [1.165, 1.54) is 11.8 Å². The average molecular weight is 511 g/mol. The van der Waals surface area contributed by atoms with Crippen molar-refractivity contribution in [2.24, 2.45) is 0 Å². The van der Waals surface area contributed by atoms with E-state index in [-0.39, 0.29) is 12.3 Å². The van der Waals surface area contributed by atoms with Gasteiger partial charge in [0.05, 0.1) is 25.5 Å². The fourth-order valence-electron chi connectivity index (χ4n) is 3.85. The molecule has 4 aromatic rings. The van der Waals surface area contributed by atoms with E-state index in [0.29, 0.717) is 39.2 Å². The highest BCUT2D eigenvalue weighted by Gasteiger charge is 2.20. The van der Waals surface area contributed by atoms with E-state index in [4.69, 9.17) is 14.5 Å². The Morgan fingerprint density at radius 3 is 2.54 bits per heavy atom. The van der Waals surface area contributed by atoms with Crippen LogP contribution in [0.1, 0.15) is 17.5 Å². The Kier molecular flexibility index (Phi) is 8.39. The third-order valence-corrected chi connectivity index (χ3v) is 6.67. The van der Waals surface area contributed by atoms with Crippen molar-refractivity contribution in [1.82, 2.24) is 9.97 Å². The minimum atomic E-state index is -0.151. The predicted octanol–water partition coefficient (Wildman–Crippen LogP) is 6.13. The first-order valence-electron chi connectivity index (χ1n) is 11.6. The normalized spacial score (nSPS) is 10.4. The number of thioether (sulfide) groups is 1. The van der Waals surface area contributed by atoms with Gasteiger partial charge >= 0.3 is 0 Å². The standard InChI is InChI=1S/C29H26N4O3S/c1-19-9-8-15-31-28(19)33-26(34)14-16-37-29-23(18-30)22(17-24(32-29)20-10-5-4-6-11-20)21-12-7-13-25(35-2)27(21)36-3/h4-13,15,17H,14,16H2,1-3H3,(H,31,33,34). The van der Waals surface area contributed by atoms with Gasteiger partial charge in [0, 0.05) is 35.1 Å². The summed E-state index contributed by atoms with van der Waals surface area (Å²) in [6, 6.07) is 23.3. The van der Waals surface area contributed by atoms with Crippen LogP contribution in [0.5, 0.6) is 11.5 Å². The molecule has 2 aromatic carbocycles. The number of carbonyl (C=O) groups is 1. The Bertz CT molecular complexity index is 1450. The Balaban J connectivity index is 1.69. The molecule has 0 saturated heterocycles. The average Bonchev–Trinajstić information content (AvgIpc) is 2.93. The first kappa shape index (κ1) is 25.7. The van der Waals surface area contributed by atoms with Crippen LogP contribution >= 0.6 is 11.8 Å². The molecule has 0 aliphatic carbocycles. The summed E-state index contributed by atoms with van der Waals surface area (Å²) in [4.78, 5) is 21.6. The highest BCUT2D eigenvalue weighted by Crippen LogP contribution is 2.42. The van der Waals surface area contributed by atoms with Crippen LogP contribution in [0, 0.1) is 18.3 Å². The number of ether oxygens (including phenoxy) is 2. The molecule has 186 valence electrons. The maximum Gasteiger partial charge on any atom is 0.226 e. The molecule has 0 unspecified atom stereocenters. The van der Waals surface area contributed by atoms with Crippen LogP contribution in [0.3, 0.4) is 0 Å². The number of nitriles is 1. The molecule has 2 aromatic heterocycles. The number of aryl methyl sites for hydroxylation is 1. The molecule has 0 aliphatic rings. The number of rotatable bonds is 9. The second-order valence-corrected chi connectivity index (χ2v) is 9.15. The van der Waals surface area contributed by atoms with Crippen LogP contribution in [0.4, 0.5) is 5.82 Å². The number of anilines is 1. The summed E-state index contributed by atoms with van der Waals surface area (Å²) in [6.07, 6.45) is 1.88. The summed E-state index contributed by atoms with van der Waals surface area (Å²) in [5.74, 6) is 1.94. The third-order valence-electron chi connectivity index (χ3n) is 5.70. The van der Waals surface area contributed by atoms with E-state index < -0.39 is 0 Å². The van der Waals surface area contributed by atoms with E-state index in [1.54, 1.807) is 20.4 Å². The van der Waals surface area contributed by atoms with Crippen molar-refractivity contribution in [1.29, 1.82) is 5.26 Å². The molecule has 0 aliphatic heterocycles. The van der Waals surface area contributed by atoms with E-state index >= 15 is 0 Å². The van der Waals surface area contributed by atoms with Gasteiger partial charge in [-0.05, 0) is 30.7 Å². The number of benzene rings is 2. The first-order valence-corrected chi connectivity index (χ1v) is 12.6. The van der Waals surface area contributed by atoms with Crippen molar-refractivity contribution >= 4 is 23.5 Å². The summed E-state index contributed by atoms with van der Waals surface area (Å²) in [5, 5.41) is 13.6. The molecule has 0 radical (unpaired) electrons. The number of hydrogen-bond acceptors (Lipinski definition) is 7. The van der Waals surface area contributed by atoms with Gasteiger partial charge in [-0.15, -0.1) is 11.8 Å². The number of hydrogen-bond donors (Lipinski definition) is 1. The van der Waals surface area contributed by atoms with Gasteiger partial charge in [-0.2, -0.15) is 5.26 Å². The van der Waals surface area contributed by atoms with Crippen LogP contribution in [0.15, 0.2) is 78.0 Å². The molecule has 1 N–H and O–H groups in total. The molecule has 4 rings (SSSR count). The van der Waals surface area contributed by atoms with Gasteiger partial charge in [0.2, 0.25) is 5.91 Å². The van der Waals surface area contributed by atoms with Crippen LogP contribution in [-0.4, -0.2) is 35.8 Å². The molecule has 8 heteroatoms. The minimum Gasteiger partial charge on any atom is -0.493 e. The van der Waals surface area contributed by atoms with E-state index in [0.717, 1.165) is 22.4 Å². The quantitative estimate of drug-likeness (QED) is 0.271. The number of pyridine rings is 2. The molecule has 0 spiro atoms. The van der Waals surface area contributed by atoms with Gasteiger partial charge < -0.3 is 14.8 Å². The lowest BCUT2D eigenvalue weighted by molar-refractivity contribution is -0.115. The van der Waals surface area contributed by atoms with Crippen molar-refractivity contribution in [3.63, 3.8) is 0 Å². The third kappa shape index (κ3) is 5.90. The van der Waals surface area contributed by atoms with Crippen molar-refractivity contribution in [3.05, 3.63) is 84.1 Å². The molecule has 37 heavy (non-hydrogen) atoms. The zero-order valence-corrected chi connectivity index (χ0v) is 21.6. The monoisotopic (exact) mass is 510 g/mol.